The van der Waals surface area contributed by atoms with Crippen molar-refractivity contribution in [1.82, 2.24) is 9.80 Å². The van der Waals surface area contributed by atoms with Crippen molar-refractivity contribution in [1.29, 1.82) is 0 Å². The molecule has 0 spiro atoms. The molecule has 0 aromatic heterocycles. The van der Waals surface area contributed by atoms with Gasteiger partial charge in [0.05, 0.1) is 0 Å². The summed E-state index contributed by atoms with van der Waals surface area (Å²) in [5.74, 6) is -1.74. The summed E-state index contributed by atoms with van der Waals surface area (Å²) in [6.07, 6.45) is 5.39. The fourth-order valence-corrected chi connectivity index (χ4v) is 5.13. The summed E-state index contributed by atoms with van der Waals surface area (Å²) in [5.41, 5.74) is 2.00. The number of halogens is 2. The van der Waals surface area contributed by atoms with Crippen LogP contribution in [0.15, 0.2) is 48.3 Å². The Kier molecular flexibility index (Phi) is 7.96. The lowest BCUT2D eigenvalue weighted by molar-refractivity contribution is -0.140. The molecule has 2 aliphatic rings. The maximum absolute atomic E-state index is 14.8. The molecule has 7 heteroatoms. The van der Waals surface area contributed by atoms with Crippen molar-refractivity contribution in [2.24, 2.45) is 5.92 Å². The second kappa shape index (κ2) is 11.1. The highest BCUT2D eigenvalue weighted by molar-refractivity contribution is 6.05. The lowest BCUT2D eigenvalue weighted by Crippen LogP contribution is -2.54. The molecule has 4 rings (SSSR count). The first kappa shape index (κ1) is 25.0. The highest BCUT2D eigenvalue weighted by Crippen LogP contribution is 2.29. The largest absolute Gasteiger partial charge is 0.337 e. The van der Waals surface area contributed by atoms with E-state index in [2.05, 4.69) is 10.2 Å². The Morgan fingerprint density at radius 3 is 2.49 bits per heavy atom. The van der Waals surface area contributed by atoms with E-state index in [9.17, 15) is 18.4 Å². The average molecular weight is 482 g/mol. The van der Waals surface area contributed by atoms with E-state index in [1.54, 1.807) is 31.2 Å². The number of carbonyl (C=O) groups excluding carboxylic acids is 2. The predicted octanol–water partition coefficient (Wildman–Crippen LogP) is 5.31. The van der Waals surface area contributed by atoms with Crippen LogP contribution in [0.1, 0.15) is 49.3 Å². The minimum absolute atomic E-state index is 0.0559. The van der Waals surface area contributed by atoms with E-state index in [-0.39, 0.29) is 23.7 Å². The minimum atomic E-state index is -0.918. The lowest BCUT2D eigenvalue weighted by atomic mass is 10.0. The van der Waals surface area contributed by atoms with Gasteiger partial charge in [-0.15, -0.1) is 0 Å². The molecule has 5 nitrogen and oxygen atoms in total. The van der Waals surface area contributed by atoms with Gasteiger partial charge >= 0.3 is 0 Å². The van der Waals surface area contributed by atoms with Crippen molar-refractivity contribution in [3.63, 3.8) is 0 Å². The molecule has 1 saturated heterocycles. The molecule has 1 aliphatic heterocycles. The van der Waals surface area contributed by atoms with E-state index < -0.39 is 11.7 Å². The predicted molar refractivity (Wildman–Crippen MR) is 134 cm³/mol. The van der Waals surface area contributed by atoms with Gasteiger partial charge < -0.3 is 10.2 Å². The van der Waals surface area contributed by atoms with Crippen molar-refractivity contribution in [2.75, 3.05) is 25.0 Å². The number of piperazine rings is 1. The van der Waals surface area contributed by atoms with Crippen LogP contribution in [0.5, 0.6) is 0 Å². The highest BCUT2D eigenvalue weighted by Gasteiger charge is 2.33. The fraction of sp³-hybridized carbons (Fsp3) is 0.429. The molecule has 2 aromatic rings. The molecule has 35 heavy (non-hydrogen) atoms. The summed E-state index contributed by atoms with van der Waals surface area (Å²) in [5, 5.41) is 2.58. The van der Waals surface area contributed by atoms with Crippen molar-refractivity contribution in [2.45, 2.75) is 52.1 Å². The fourth-order valence-electron chi connectivity index (χ4n) is 5.13. The van der Waals surface area contributed by atoms with Gasteiger partial charge in [-0.2, -0.15) is 0 Å². The first-order valence-corrected chi connectivity index (χ1v) is 12.4. The molecular weight excluding hydrogens is 448 g/mol. The summed E-state index contributed by atoms with van der Waals surface area (Å²) in [7, 11) is 0. The number of anilines is 1. The number of rotatable bonds is 6. The van der Waals surface area contributed by atoms with Gasteiger partial charge in [0.25, 0.3) is 5.91 Å². The molecule has 1 atom stereocenters. The van der Waals surface area contributed by atoms with Crippen LogP contribution in [0, 0.1) is 18.7 Å². The van der Waals surface area contributed by atoms with Crippen molar-refractivity contribution >= 4 is 23.6 Å². The van der Waals surface area contributed by atoms with Crippen LogP contribution in [-0.2, 0) is 16.1 Å². The van der Waals surface area contributed by atoms with Gasteiger partial charge in [0.15, 0.2) is 5.83 Å². The first-order chi connectivity index (χ1) is 16.8. The first-order valence-electron chi connectivity index (χ1n) is 12.4. The van der Waals surface area contributed by atoms with Crippen molar-refractivity contribution in [3.05, 3.63) is 70.8 Å². The van der Waals surface area contributed by atoms with Gasteiger partial charge in [-0.3, -0.25) is 14.5 Å². The van der Waals surface area contributed by atoms with Crippen LogP contribution in [0.2, 0.25) is 0 Å². The third kappa shape index (κ3) is 5.96. The molecule has 1 saturated carbocycles. The van der Waals surface area contributed by atoms with E-state index in [0.29, 0.717) is 48.6 Å². The second-order valence-electron chi connectivity index (χ2n) is 9.65. The zero-order chi connectivity index (χ0) is 24.9. The topological polar surface area (TPSA) is 52.7 Å². The minimum Gasteiger partial charge on any atom is -0.337 e. The van der Waals surface area contributed by atoms with Gasteiger partial charge in [-0.05, 0) is 56.0 Å². The Bertz CT molecular complexity index is 1100. The number of carbonyl (C=O) groups is 2. The van der Waals surface area contributed by atoms with E-state index in [1.807, 2.05) is 17.9 Å². The second-order valence-corrected chi connectivity index (χ2v) is 9.65. The summed E-state index contributed by atoms with van der Waals surface area (Å²) in [4.78, 5) is 29.4. The Hall–Kier alpha value is -3.06. The lowest BCUT2D eigenvalue weighted by Gasteiger charge is -2.41. The van der Waals surface area contributed by atoms with Crippen molar-refractivity contribution in [3.8, 4) is 0 Å². The maximum Gasteiger partial charge on any atom is 0.284 e. The maximum atomic E-state index is 14.8. The van der Waals surface area contributed by atoms with Crippen molar-refractivity contribution < 1.29 is 18.4 Å². The van der Waals surface area contributed by atoms with Crippen LogP contribution in [0.25, 0.3) is 6.08 Å². The monoisotopic (exact) mass is 481 g/mol. The van der Waals surface area contributed by atoms with Gasteiger partial charge in [0, 0.05) is 49.4 Å². The highest BCUT2D eigenvalue weighted by atomic mass is 19.1. The third-order valence-electron chi connectivity index (χ3n) is 7.18. The number of nitrogens with one attached hydrogen (secondary N) is 1. The Morgan fingerprint density at radius 1 is 1.09 bits per heavy atom. The summed E-state index contributed by atoms with van der Waals surface area (Å²) >= 11 is 0. The summed E-state index contributed by atoms with van der Waals surface area (Å²) < 4.78 is 29.2. The molecule has 1 N–H and O–H groups in total. The molecule has 1 heterocycles. The smallest absolute Gasteiger partial charge is 0.284 e. The van der Waals surface area contributed by atoms with Gasteiger partial charge in [0.1, 0.15) is 5.82 Å². The van der Waals surface area contributed by atoms with Gasteiger partial charge in [-0.25, -0.2) is 8.78 Å². The van der Waals surface area contributed by atoms with Gasteiger partial charge in [-0.1, -0.05) is 43.2 Å². The van der Waals surface area contributed by atoms with Crippen LogP contribution in [-0.4, -0.2) is 47.3 Å². The van der Waals surface area contributed by atoms with E-state index in [1.165, 1.54) is 18.2 Å². The molecule has 186 valence electrons. The SMILES string of the molecule is Cc1c(NC(=O)C(F)=Cc2ccccc2)ccc(F)c1CN1CCN(C(=O)C2CCCC2)C(C)C1. The average Bonchev–Trinajstić information content (AvgIpc) is 3.39. The molecular formula is C28H33F2N3O2. The number of benzene rings is 2. The van der Waals surface area contributed by atoms with Crippen LogP contribution >= 0.6 is 0 Å². The summed E-state index contributed by atoms with van der Waals surface area (Å²) in [6, 6.07) is 11.6. The molecule has 2 aromatic carbocycles. The number of hydrogen-bond acceptors (Lipinski definition) is 3. The molecule has 2 fully saturated rings. The Labute approximate surface area is 205 Å². The van der Waals surface area contributed by atoms with Crippen LogP contribution < -0.4 is 5.32 Å². The molecule has 1 unspecified atom stereocenters. The van der Waals surface area contributed by atoms with Crippen LogP contribution in [0.3, 0.4) is 0 Å². The zero-order valence-corrected chi connectivity index (χ0v) is 20.4. The third-order valence-corrected chi connectivity index (χ3v) is 7.18. The van der Waals surface area contributed by atoms with E-state index in [0.717, 1.165) is 25.7 Å². The van der Waals surface area contributed by atoms with Crippen LogP contribution in [0.4, 0.5) is 14.5 Å². The molecule has 0 bridgehead atoms. The Morgan fingerprint density at radius 2 is 1.80 bits per heavy atom. The quantitative estimate of drug-likeness (QED) is 0.570. The number of nitrogens with zero attached hydrogens (tertiary/aromatic N) is 2. The number of amides is 2. The molecule has 1 aliphatic carbocycles. The zero-order valence-electron chi connectivity index (χ0n) is 20.4. The molecule has 2 amide bonds. The number of hydrogen-bond donors (Lipinski definition) is 1. The van der Waals surface area contributed by atoms with Gasteiger partial charge in [0.2, 0.25) is 5.91 Å². The van der Waals surface area contributed by atoms with E-state index in [4.69, 9.17) is 0 Å². The normalized spacial score (nSPS) is 19.7. The van der Waals surface area contributed by atoms with E-state index >= 15 is 0 Å². The molecule has 0 radical (unpaired) electrons. The Balaban J connectivity index is 1.41. The standard InChI is InChI=1S/C28H33F2N3O2/c1-19-17-32(14-15-33(19)28(35)22-10-6-7-11-22)18-23-20(2)26(13-12-24(23)29)31-27(34)25(30)16-21-8-4-3-5-9-21/h3-5,8-9,12-13,16,19,22H,6-7,10-11,14-15,17-18H2,1-2H3,(H,31,34). The summed E-state index contributed by atoms with van der Waals surface area (Å²) in [6.45, 7) is 6.08.